The Hall–Kier alpha value is -2.89. The number of benzene rings is 1. The second-order valence-corrected chi connectivity index (χ2v) is 9.26. The minimum absolute atomic E-state index is 0.0237. The molecule has 1 aromatic carbocycles. The lowest BCUT2D eigenvalue weighted by molar-refractivity contribution is -0.122. The number of likely N-dealkylation sites (tertiary alicyclic amines) is 1. The molecule has 1 aromatic heterocycles. The van der Waals surface area contributed by atoms with Gasteiger partial charge in [-0.05, 0) is 68.4 Å². The molecule has 4 rings (SSSR count). The third-order valence-corrected chi connectivity index (χ3v) is 6.96. The number of nitrogens with zero attached hydrogens (tertiary/aromatic N) is 2. The summed E-state index contributed by atoms with van der Waals surface area (Å²) in [6.07, 6.45) is 8.86. The van der Waals surface area contributed by atoms with Crippen LogP contribution >= 0.6 is 0 Å². The highest BCUT2D eigenvalue weighted by atomic mass is 16.2. The van der Waals surface area contributed by atoms with E-state index in [0.717, 1.165) is 44.1 Å². The predicted molar refractivity (Wildman–Crippen MR) is 125 cm³/mol. The van der Waals surface area contributed by atoms with E-state index in [4.69, 9.17) is 0 Å². The summed E-state index contributed by atoms with van der Waals surface area (Å²) in [6, 6.07) is 9.75. The third-order valence-electron chi connectivity index (χ3n) is 6.96. The predicted octanol–water partition coefficient (Wildman–Crippen LogP) is 3.89. The third kappa shape index (κ3) is 4.79. The van der Waals surface area contributed by atoms with Gasteiger partial charge in [-0.2, -0.15) is 0 Å². The first-order valence-corrected chi connectivity index (χ1v) is 11.8. The van der Waals surface area contributed by atoms with E-state index in [0.29, 0.717) is 6.54 Å². The van der Waals surface area contributed by atoms with Crippen LogP contribution in [0.3, 0.4) is 0 Å². The smallest absolute Gasteiger partial charge is 0.263 e. The molecule has 170 valence electrons. The van der Waals surface area contributed by atoms with E-state index in [1.807, 2.05) is 4.90 Å². The standard InChI is InChI=1S/C26H33N3O3/c1-18-12-13-20(16-19(18)2)23-11-7-15-29(23)26(32)22-10-6-14-28(25(22)31)17-24(30)27-21-8-4-3-5-9-21/h6,10,12-14,16,21,23H,3-5,7-9,11,15,17H2,1-2H3,(H,27,30)/t23-/m1/s1. The summed E-state index contributed by atoms with van der Waals surface area (Å²) in [5.74, 6) is -0.421. The number of nitrogens with one attached hydrogen (secondary N) is 1. The van der Waals surface area contributed by atoms with Gasteiger partial charge in [-0.3, -0.25) is 14.4 Å². The number of pyridine rings is 1. The maximum Gasteiger partial charge on any atom is 0.263 e. The fraction of sp³-hybridized carbons (Fsp3) is 0.500. The number of aromatic nitrogens is 1. The molecule has 0 radical (unpaired) electrons. The zero-order valence-corrected chi connectivity index (χ0v) is 19.1. The van der Waals surface area contributed by atoms with Gasteiger partial charge in [0.25, 0.3) is 11.5 Å². The normalized spacial score (nSPS) is 19.2. The van der Waals surface area contributed by atoms with Crippen LogP contribution < -0.4 is 10.9 Å². The number of hydrogen-bond acceptors (Lipinski definition) is 3. The van der Waals surface area contributed by atoms with E-state index in [9.17, 15) is 14.4 Å². The van der Waals surface area contributed by atoms with Crippen molar-refractivity contribution in [1.29, 1.82) is 0 Å². The summed E-state index contributed by atoms with van der Waals surface area (Å²) in [4.78, 5) is 40.8. The van der Waals surface area contributed by atoms with Crippen LogP contribution in [0.5, 0.6) is 0 Å². The van der Waals surface area contributed by atoms with Gasteiger partial charge in [-0.25, -0.2) is 0 Å². The maximum atomic E-state index is 13.4. The topological polar surface area (TPSA) is 71.4 Å². The average Bonchev–Trinajstić information content (AvgIpc) is 3.27. The van der Waals surface area contributed by atoms with Crippen LogP contribution in [-0.4, -0.2) is 33.9 Å². The molecule has 2 heterocycles. The van der Waals surface area contributed by atoms with E-state index >= 15 is 0 Å². The Morgan fingerprint density at radius 1 is 1.00 bits per heavy atom. The fourth-order valence-electron chi connectivity index (χ4n) is 4.98. The van der Waals surface area contributed by atoms with Gasteiger partial charge >= 0.3 is 0 Å². The molecule has 1 N–H and O–H groups in total. The van der Waals surface area contributed by atoms with E-state index in [1.165, 1.54) is 22.1 Å². The Bertz CT molecular complexity index is 1050. The van der Waals surface area contributed by atoms with Crippen LogP contribution in [0.4, 0.5) is 0 Å². The van der Waals surface area contributed by atoms with E-state index < -0.39 is 5.56 Å². The van der Waals surface area contributed by atoms with E-state index in [-0.39, 0.29) is 36.0 Å². The van der Waals surface area contributed by atoms with Crippen LogP contribution in [0.1, 0.15) is 78.0 Å². The first-order chi connectivity index (χ1) is 15.4. The summed E-state index contributed by atoms with van der Waals surface area (Å²) in [5, 5.41) is 3.04. The summed E-state index contributed by atoms with van der Waals surface area (Å²) < 4.78 is 1.35. The summed E-state index contributed by atoms with van der Waals surface area (Å²) in [6.45, 7) is 4.73. The van der Waals surface area contributed by atoms with Crippen molar-refractivity contribution in [2.45, 2.75) is 77.4 Å². The zero-order valence-electron chi connectivity index (χ0n) is 19.1. The largest absolute Gasteiger partial charge is 0.352 e. The van der Waals surface area contributed by atoms with Gasteiger partial charge in [-0.15, -0.1) is 0 Å². The van der Waals surface area contributed by atoms with Crippen LogP contribution in [0.15, 0.2) is 41.3 Å². The number of carbonyl (C=O) groups excluding carboxylic acids is 2. The fourth-order valence-corrected chi connectivity index (χ4v) is 4.98. The van der Waals surface area contributed by atoms with Crippen molar-refractivity contribution in [1.82, 2.24) is 14.8 Å². The number of rotatable bonds is 5. The summed E-state index contributed by atoms with van der Waals surface area (Å²) in [7, 11) is 0. The van der Waals surface area contributed by atoms with Gasteiger partial charge < -0.3 is 14.8 Å². The SMILES string of the molecule is Cc1ccc([C@H]2CCCN2C(=O)c2cccn(CC(=O)NC3CCCCC3)c2=O)cc1C. The first-order valence-electron chi connectivity index (χ1n) is 11.8. The van der Waals surface area contributed by atoms with Crippen molar-refractivity contribution in [3.8, 4) is 0 Å². The van der Waals surface area contributed by atoms with Crippen molar-refractivity contribution < 1.29 is 9.59 Å². The monoisotopic (exact) mass is 435 g/mol. The lowest BCUT2D eigenvalue weighted by Crippen LogP contribution is -2.41. The van der Waals surface area contributed by atoms with E-state index in [1.54, 1.807) is 18.3 Å². The van der Waals surface area contributed by atoms with Crippen molar-refractivity contribution >= 4 is 11.8 Å². The Morgan fingerprint density at radius 2 is 1.78 bits per heavy atom. The van der Waals surface area contributed by atoms with Crippen LogP contribution in [0.2, 0.25) is 0 Å². The number of aryl methyl sites for hydroxylation is 2. The molecule has 1 aliphatic carbocycles. The second-order valence-electron chi connectivity index (χ2n) is 9.26. The molecule has 2 aliphatic rings. The highest BCUT2D eigenvalue weighted by Gasteiger charge is 2.32. The maximum absolute atomic E-state index is 13.4. The molecule has 1 aliphatic heterocycles. The highest BCUT2D eigenvalue weighted by Crippen LogP contribution is 2.33. The van der Waals surface area contributed by atoms with Crippen molar-refractivity contribution in [3.63, 3.8) is 0 Å². The first kappa shape index (κ1) is 22.3. The van der Waals surface area contributed by atoms with Gasteiger partial charge in [0.1, 0.15) is 12.1 Å². The molecule has 2 aromatic rings. The Balaban J connectivity index is 1.50. The summed E-state index contributed by atoms with van der Waals surface area (Å²) >= 11 is 0. The molecule has 32 heavy (non-hydrogen) atoms. The van der Waals surface area contributed by atoms with Crippen LogP contribution in [-0.2, 0) is 11.3 Å². The molecule has 2 fully saturated rings. The molecular formula is C26H33N3O3. The minimum atomic E-state index is -0.401. The Labute approximate surface area is 189 Å². The molecule has 1 atom stereocenters. The number of carbonyl (C=O) groups is 2. The molecule has 2 amide bonds. The van der Waals surface area contributed by atoms with Crippen molar-refractivity contribution in [2.75, 3.05) is 6.54 Å². The number of hydrogen-bond donors (Lipinski definition) is 1. The Kier molecular flexibility index (Phi) is 6.77. The van der Waals surface area contributed by atoms with Gasteiger partial charge in [0.15, 0.2) is 0 Å². The van der Waals surface area contributed by atoms with Gasteiger partial charge in [0, 0.05) is 18.8 Å². The molecular weight excluding hydrogens is 402 g/mol. The minimum Gasteiger partial charge on any atom is -0.352 e. The van der Waals surface area contributed by atoms with Crippen molar-refractivity contribution in [2.24, 2.45) is 0 Å². The molecule has 0 unspecified atom stereocenters. The molecule has 6 nitrogen and oxygen atoms in total. The van der Waals surface area contributed by atoms with Crippen LogP contribution in [0, 0.1) is 13.8 Å². The molecule has 0 bridgehead atoms. The molecule has 0 spiro atoms. The second kappa shape index (κ2) is 9.72. The Morgan fingerprint density at radius 3 is 2.53 bits per heavy atom. The average molecular weight is 436 g/mol. The quantitative estimate of drug-likeness (QED) is 0.775. The molecule has 1 saturated carbocycles. The van der Waals surface area contributed by atoms with Gasteiger partial charge in [0.2, 0.25) is 5.91 Å². The molecule has 1 saturated heterocycles. The van der Waals surface area contributed by atoms with Crippen LogP contribution in [0.25, 0.3) is 0 Å². The van der Waals surface area contributed by atoms with E-state index in [2.05, 4.69) is 37.4 Å². The summed E-state index contributed by atoms with van der Waals surface area (Å²) in [5.41, 5.74) is 3.27. The van der Waals surface area contributed by atoms with Crippen molar-refractivity contribution in [3.05, 3.63) is 69.1 Å². The lowest BCUT2D eigenvalue weighted by atomic mass is 9.95. The molecule has 6 heteroatoms. The zero-order chi connectivity index (χ0) is 22.7. The van der Waals surface area contributed by atoms with Gasteiger partial charge in [0.05, 0.1) is 6.04 Å². The number of amides is 2. The van der Waals surface area contributed by atoms with Gasteiger partial charge in [-0.1, -0.05) is 37.5 Å². The highest BCUT2D eigenvalue weighted by molar-refractivity contribution is 5.94. The lowest BCUT2D eigenvalue weighted by Gasteiger charge is -2.26.